The summed E-state index contributed by atoms with van der Waals surface area (Å²) < 4.78 is 25.2. The Kier molecular flexibility index (Phi) is 8.33. The summed E-state index contributed by atoms with van der Waals surface area (Å²) in [5.74, 6) is 0.285. The first-order valence-electron chi connectivity index (χ1n) is 14.9. The minimum absolute atomic E-state index is 0.103. The third-order valence-electron chi connectivity index (χ3n) is 8.07. The van der Waals surface area contributed by atoms with Gasteiger partial charge in [-0.1, -0.05) is 37.1 Å². The van der Waals surface area contributed by atoms with Crippen molar-refractivity contribution < 1.29 is 23.5 Å². The number of cyclic esters (lactones) is 1. The molecule has 228 valence electrons. The first kappa shape index (κ1) is 30.0. The molecule has 0 bridgehead atoms. The molecular weight excluding hydrogens is 539 g/mol. The zero-order chi connectivity index (χ0) is 30.2. The van der Waals surface area contributed by atoms with Gasteiger partial charge in [0.05, 0.1) is 11.6 Å². The zero-order valence-electron chi connectivity index (χ0n) is 25.5. The summed E-state index contributed by atoms with van der Waals surface area (Å²) in [5, 5.41) is 3.19. The van der Waals surface area contributed by atoms with Crippen molar-refractivity contribution in [2.45, 2.75) is 84.0 Å². The molecule has 2 aliphatic heterocycles. The van der Waals surface area contributed by atoms with Crippen LogP contribution in [0.4, 0.5) is 25.7 Å². The third kappa shape index (κ3) is 7.11. The molecular formula is C31H43FN6O4. The van der Waals surface area contributed by atoms with Gasteiger partial charge in [-0.2, -0.15) is 14.4 Å². The van der Waals surface area contributed by atoms with E-state index in [1.165, 1.54) is 23.3 Å². The number of ether oxygens (including phenoxy) is 2. The lowest BCUT2D eigenvalue weighted by Gasteiger charge is -2.40. The number of anilines is 2. The van der Waals surface area contributed by atoms with Gasteiger partial charge in [-0.3, -0.25) is 9.80 Å². The van der Waals surface area contributed by atoms with Crippen LogP contribution in [-0.2, 0) is 9.47 Å². The molecule has 1 aromatic heterocycles. The summed E-state index contributed by atoms with van der Waals surface area (Å²) >= 11 is 0. The largest absolute Gasteiger partial charge is 0.447 e. The number of nitrogens with zero attached hydrogens (tertiary/aromatic N) is 5. The van der Waals surface area contributed by atoms with Crippen molar-refractivity contribution in [3.05, 3.63) is 47.4 Å². The second-order valence-corrected chi connectivity index (χ2v) is 13.3. The molecule has 2 aromatic rings. The van der Waals surface area contributed by atoms with Crippen molar-refractivity contribution in [1.29, 1.82) is 0 Å². The highest BCUT2D eigenvalue weighted by atomic mass is 19.1. The lowest BCUT2D eigenvalue weighted by molar-refractivity contribution is 0.00941. The lowest BCUT2D eigenvalue weighted by Crippen LogP contribution is -2.50. The van der Waals surface area contributed by atoms with Crippen molar-refractivity contribution >= 4 is 24.0 Å². The van der Waals surface area contributed by atoms with Crippen LogP contribution in [-0.4, -0.2) is 75.9 Å². The molecule has 0 spiro atoms. The molecule has 3 aliphatic rings. The maximum Gasteiger partial charge on any atom is 0.416 e. The highest BCUT2D eigenvalue weighted by Crippen LogP contribution is 2.40. The molecule has 5 rings (SSSR count). The second-order valence-electron chi connectivity index (χ2n) is 13.3. The molecule has 1 aliphatic carbocycles. The van der Waals surface area contributed by atoms with Crippen molar-refractivity contribution in [2.75, 3.05) is 43.0 Å². The fraction of sp³-hybridized carbons (Fsp3) is 0.613. The number of hydrogen-bond acceptors (Lipinski definition) is 8. The molecule has 0 radical (unpaired) electrons. The zero-order valence-corrected chi connectivity index (χ0v) is 25.5. The molecule has 2 saturated heterocycles. The van der Waals surface area contributed by atoms with Gasteiger partial charge in [0.2, 0.25) is 11.9 Å². The Bertz CT molecular complexity index is 1290. The van der Waals surface area contributed by atoms with Crippen molar-refractivity contribution in [1.82, 2.24) is 19.8 Å². The topological polar surface area (TPSA) is 100 Å². The molecule has 2 unspecified atom stereocenters. The number of hydrogen-bond donors (Lipinski definition) is 1. The van der Waals surface area contributed by atoms with Gasteiger partial charge in [0.15, 0.2) is 0 Å². The van der Waals surface area contributed by atoms with Crippen LogP contribution in [0.5, 0.6) is 0 Å². The number of rotatable bonds is 8. The summed E-state index contributed by atoms with van der Waals surface area (Å²) in [5.41, 5.74) is 1.12. The van der Waals surface area contributed by atoms with Gasteiger partial charge in [-0.15, -0.1) is 0 Å². The standard InChI is InChI=1S/C31H43FN6O4/c1-20(33-27-34-25(32)18-26(35-27)38-29(40)41-19-31(38,5)6)22-9-11-23(12-10-22)24(17-21-7-8-21)36-13-15-37(16-14-36)28(39)42-30(2,3)4/h9-12,18,20-21,24H,7-8,13-17,19H2,1-6H3,(H,33,34,35). The van der Waals surface area contributed by atoms with Crippen molar-refractivity contribution in [3.8, 4) is 0 Å². The predicted octanol–water partition coefficient (Wildman–Crippen LogP) is 5.92. The second kappa shape index (κ2) is 11.7. The van der Waals surface area contributed by atoms with E-state index in [4.69, 9.17) is 9.47 Å². The number of carbonyl (C=O) groups is 2. The molecule has 2 atom stereocenters. The monoisotopic (exact) mass is 582 g/mol. The van der Waals surface area contributed by atoms with E-state index in [2.05, 4.69) is 44.5 Å². The lowest BCUT2D eigenvalue weighted by atomic mass is 9.96. The van der Waals surface area contributed by atoms with E-state index >= 15 is 0 Å². The van der Waals surface area contributed by atoms with Gasteiger partial charge in [0, 0.05) is 38.3 Å². The minimum Gasteiger partial charge on any atom is -0.447 e. The maximum atomic E-state index is 14.5. The number of piperazine rings is 1. The minimum atomic E-state index is -0.727. The smallest absolute Gasteiger partial charge is 0.416 e. The van der Waals surface area contributed by atoms with E-state index in [1.807, 2.05) is 41.5 Å². The molecule has 10 nitrogen and oxygen atoms in total. The molecule has 3 heterocycles. The number of carbonyl (C=O) groups excluding carboxylic acids is 2. The summed E-state index contributed by atoms with van der Waals surface area (Å²) in [4.78, 5) is 38.9. The number of nitrogens with one attached hydrogen (secondary N) is 1. The van der Waals surface area contributed by atoms with Crippen LogP contribution in [0.1, 0.15) is 84.0 Å². The fourth-order valence-electron chi connectivity index (χ4n) is 5.59. The van der Waals surface area contributed by atoms with Crippen molar-refractivity contribution in [2.24, 2.45) is 5.92 Å². The Morgan fingerprint density at radius 2 is 1.76 bits per heavy atom. The molecule has 11 heteroatoms. The predicted molar refractivity (Wildman–Crippen MR) is 158 cm³/mol. The van der Waals surface area contributed by atoms with Crippen LogP contribution < -0.4 is 10.2 Å². The molecule has 1 saturated carbocycles. The van der Waals surface area contributed by atoms with Crippen LogP contribution in [0.15, 0.2) is 30.3 Å². The molecule has 2 amide bonds. The summed E-state index contributed by atoms with van der Waals surface area (Å²) in [6, 6.07) is 9.74. The summed E-state index contributed by atoms with van der Waals surface area (Å²) in [6.07, 6.45) is 2.85. The van der Waals surface area contributed by atoms with E-state index in [0.717, 1.165) is 37.1 Å². The average Bonchev–Trinajstić information content (AvgIpc) is 3.69. The first-order valence-corrected chi connectivity index (χ1v) is 14.9. The third-order valence-corrected chi connectivity index (χ3v) is 8.07. The van der Waals surface area contributed by atoms with Gasteiger partial charge in [-0.05, 0) is 65.0 Å². The van der Waals surface area contributed by atoms with E-state index < -0.39 is 23.2 Å². The molecule has 1 aromatic carbocycles. The average molecular weight is 583 g/mol. The van der Waals surface area contributed by atoms with Crippen LogP contribution in [0.3, 0.4) is 0 Å². The summed E-state index contributed by atoms with van der Waals surface area (Å²) in [7, 11) is 0. The Hall–Kier alpha value is -3.47. The first-order chi connectivity index (χ1) is 19.8. The van der Waals surface area contributed by atoms with Gasteiger partial charge in [0.1, 0.15) is 18.0 Å². The Balaban J connectivity index is 1.25. The van der Waals surface area contributed by atoms with Gasteiger partial charge in [-0.25, -0.2) is 9.59 Å². The number of aromatic nitrogens is 2. The quantitative estimate of drug-likeness (QED) is 0.383. The van der Waals surface area contributed by atoms with Gasteiger partial charge >= 0.3 is 12.2 Å². The Morgan fingerprint density at radius 3 is 2.33 bits per heavy atom. The van der Waals surface area contributed by atoms with E-state index in [-0.39, 0.29) is 36.6 Å². The number of benzene rings is 1. The summed E-state index contributed by atoms with van der Waals surface area (Å²) in [6.45, 7) is 14.4. The number of amides is 2. The van der Waals surface area contributed by atoms with E-state index in [1.54, 1.807) is 4.90 Å². The Morgan fingerprint density at radius 1 is 1.12 bits per heavy atom. The normalized spacial score (nSPS) is 20.7. The molecule has 3 fully saturated rings. The van der Waals surface area contributed by atoms with Crippen LogP contribution in [0.2, 0.25) is 0 Å². The van der Waals surface area contributed by atoms with Gasteiger partial charge < -0.3 is 19.7 Å². The van der Waals surface area contributed by atoms with Crippen LogP contribution in [0.25, 0.3) is 0 Å². The van der Waals surface area contributed by atoms with Crippen LogP contribution >= 0.6 is 0 Å². The highest BCUT2D eigenvalue weighted by molar-refractivity contribution is 5.90. The molecule has 42 heavy (non-hydrogen) atoms. The van der Waals surface area contributed by atoms with Gasteiger partial charge in [0.25, 0.3) is 0 Å². The van der Waals surface area contributed by atoms with E-state index in [9.17, 15) is 14.0 Å². The fourth-order valence-corrected chi connectivity index (χ4v) is 5.59. The van der Waals surface area contributed by atoms with Crippen LogP contribution in [0, 0.1) is 11.9 Å². The highest BCUT2D eigenvalue weighted by Gasteiger charge is 2.42. The maximum absolute atomic E-state index is 14.5. The molecule has 1 N–H and O–H groups in total. The SMILES string of the molecule is CC(Nc1nc(F)cc(N2C(=O)OCC2(C)C)n1)c1ccc(C(CC2CC2)N2CCN(C(=O)OC(C)(C)C)CC2)cc1. The van der Waals surface area contributed by atoms with E-state index in [0.29, 0.717) is 13.1 Å². The van der Waals surface area contributed by atoms with Crippen molar-refractivity contribution in [3.63, 3.8) is 0 Å². The Labute approximate surface area is 247 Å². The number of halogens is 1.